The predicted molar refractivity (Wildman–Crippen MR) is 107 cm³/mol. The van der Waals surface area contributed by atoms with Crippen molar-refractivity contribution in [2.24, 2.45) is 0 Å². The van der Waals surface area contributed by atoms with Gasteiger partial charge in [-0.05, 0) is 45.4 Å². The van der Waals surface area contributed by atoms with Gasteiger partial charge in [-0.25, -0.2) is 0 Å². The number of hydrogen-bond acceptors (Lipinski definition) is 5. The van der Waals surface area contributed by atoms with Gasteiger partial charge < -0.3 is 14.6 Å². The molecule has 29 heavy (non-hydrogen) atoms. The van der Waals surface area contributed by atoms with E-state index in [1.54, 1.807) is 4.68 Å². The first-order valence-electron chi connectivity index (χ1n) is 9.64. The molecule has 0 bridgehead atoms. The Morgan fingerprint density at radius 2 is 1.97 bits per heavy atom. The SMILES string of the molecule is Cc1noc(C)c1COc1ccc([C@H]2CC(=O)Nc3c2c(=O)[nH]n3C(C)C)cc1. The third-order valence-electron chi connectivity index (χ3n) is 5.32. The molecule has 1 aromatic carbocycles. The monoisotopic (exact) mass is 396 g/mol. The zero-order valence-electron chi connectivity index (χ0n) is 16.9. The van der Waals surface area contributed by atoms with Crippen molar-refractivity contribution >= 4 is 11.7 Å². The van der Waals surface area contributed by atoms with Gasteiger partial charge in [-0.3, -0.25) is 19.4 Å². The number of fused-ring (bicyclic) bond motifs is 1. The molecule has 0 saturated heterocycles. The van der Waals surface area contributed by atoms with E-state index < -0.39 is 0 Å². The largest absolute Gasteiger partial charge is 0.489 e. The van der Waals surface area contributed by atoms with Crippen LogP contribution in [0.5, 0.6) is 5.75 Å². The number of nitrogens with zero attached hydrogens (tertiary/aromatic N) is 2. The lowest BCUT2D eigenvalue weighted by molar-refractivity contribution is -0.116. The number of carbonyl (C=O) groups excluding carboxylic acids is 1. The molecule has 3 aromatic rings. The van der Waals surface area contributed by atoms with Crippen molar-refractivity contribution in [2.75, 3.05) is 5.32 Å². The molecule has 0 spiro atoms. The van der Waals surface area contributed by atoms with Gasteiger partial charge in [0, 0.05) is 18.4 Å². The van der Waals surface area contributed by atoms with Crippen LogP contribution in [0.4, 0.5) is 5.82 Å². The van der Waals surface area contributed by atoms with E-state index in [1.807, 2.05) is 52.0 Å². The molecule has 4 rings (SSSR count). The van der Waals surface area contributed by atoms with Gasteiger partial charge >= 0.3 is 0 Å². The number of hydrogen-bond donors (Lipinski definition) is 2. The predicted octanol–water partition coefficient (Wildman–Crippen LogP) is 3.42. The third-order valence-corrected chi connectivity index (χ3v) is 5.32. The molecule has 1 atom stereocenters. The van der Waals surface area contributed by atoms with Crippen LogP contribution in [0.1, 0.15) is 60.4 Å². The van der Waals surface area contributed by atoms with Crippen LogP contribution in [-0.4, -0.2) is 20.8 Å². The molecule has 0 radical (unpaired) electrons. The number of rotatable bonds is 5. The zero-order chi connectivity index (χ0) is 20.7. The van der Waals surface area contributed by atoms with Crippen molar-refractivity contribution in [2.45, 2.75) is 52.7 Å². The van der Waals surface area contributed by atoms with Gasteiger partial charge in [0.15, 0.2) is 0 Å². The Morgan fingerprint density at radius 3 is 2.59 bits per heavy atom. The highest BCUT2D eigenvalue weighted by atomic mass is 16.5. The summed E-state index contributed by atoms with van der Waals surface area (Å²) in [7, 11) is 0. The van der Waals surface area contributed by atoms with Crippen molar-refractivity contribution in [1.29, 1.82) is 0 Å². The fourth-order valence-corrected chi connectivity index (χ4v) is 3.72. The van der Waals surface area contributed by atoms with E-state index in [2.05, 4.69) is 15.6 Å². The number of aryl methyl sites for hydroxylation is 2. The first-order valence-corrected chi connectivity index (χ1v) is 9.64. The number of amides is 1. The Balaban J connectivity index is 1.58. The van der Waals surface area contributed by atoms with Crippen molar-refractivity contribution in [1.82, 2.24) is 14.9 Å². The standard InChI is InChI=1S/C21H24N4O4/c1-11(2)25-20-19(21(27)23-25)16(9-18(26)22-20)14-5-7-15(8-6-14)28-10-17-12(3)24-29-13(17)4/h5-8,11,16H,9-10H2,1-4H3,(H,22,26)(H,23,27)/t16-/m1/s1. The van der Waals surface area contributed by atoms with Crippen molar-refractivity contribution in [3.8, 4) is 5.75 Å². The summed E-state index contributed by atoms with van der Waals surface area (Å²) in [6.45, 7) is 8.01. The first kappa shape index (κ1) is 19.0. The molecular weight excluding hydrogens is 372 g/mol. The Labute approximate surface area is 167 Å². The Morgan fingerprint density at radius 1 is 1.24 bits per heavy atom. The molecule has 0 unspecified atom stereocenters. The number of anilines is 1. The van der Waals surface area contributed by atoms with Crippen LogP contribution in [0.3, 0.4) is 0 Å². The van der Waals surface area contributed by atoms with E-state index in [1.165, 1.54) is 0 Å². The molecule has 2 aromatic heterocycles. The maximum atomic E-state index is 12.6. The summed E-state index contributed by atoms with van der Waals surface area (Å²) in [6, 6.07) is 7.55. The summed E-state index contributed by atoms with van der Waals surface area (Å²) in [5.41, 5.74) is 3.08. The Kier molecular flexibility index (Phi) is 4.77. The molecule has 2 N–H and O–H groups in total. The molecule has 8 nitrogen and oxygen atoms in total. The Bertz CT molecular complexity index is 1090. The number of aromatic amines is 1. The zero-order valence-corrected chi connectivity index (χ0v) is 16.9. The number of ether oxygens (including phenoxy) is 1. The smallest absolute Gasteiger partial charge is 0.270 e. The first-order chi connectivity index (χ1) is 13.8. The molecule has 0 aliphatic carbocycles. The van der Waals surface area contributed by atoms with Crippen molar-refractivity contribution < 1.29 is 14.1 Å². The summed E-state index contributed by atoms with van der Waals surface area (Å²) < 4.78 is 12.7. The molecular formula is C21H24N4O4. The minimum atomic E-state index is -0.292. The van der Waals surface area contributed by atoms with Crippen LogP contribution in [0.25, 0.3) is 0 Å². The molecule has 8 heteroatoms. The minimum absolute atomic E-state index is 0.0330. The van der Waals surface area contributed by atoms with Gasteiger partial charge in [0.1, 0.15) is 23.9 Å². The van der Waals surface area contributed by atoms with Crippen LogP contribution in [0.15, 0.2) is 33.6 Å². The highest BCUT2D eigenvalue weighted by molar-refractivity contribution is 5.94. The van der Waals surface area contributed by atoms with Gasteiger partial charge in [0.25, 0.3) is 5.56 Å². The van der Waals surface area contributed by atoms with E-state index in [4.69, 9.17) is 9.26 Å². The highest BCUT2D eigenvalue weighted by Crippen LogP contribution is 2.36. The summed E-state index contributed by atoms with van der Waals surface area (Å²) in [4.78, 5) is 24.9. The molecule has 0 saturated carbocycles. The number of aromatic nitrogens is 3. The van der Waals surface area contributed by atoms with Gasteiger partial charge in [-0.1, -0.05) is 17.3 Å². The molecule has 1 aliphatic heterocycles. The summed E-state index contributed by atoms with van der Waals surface area (Å²) >= 11 is 0. The average Bonchev–Trinajstić information content (AvgIpc) is 3.19. The van der Waals surface area contributed by atoms with Gasteiger partial charge in [0.05, 0.1) is 16.8 Å². The van der Waals surface area contributed by atoms with E-state index in [0.29, 0.717) is 23.7 Å². The molecule has 152 valence electrons. The second kappa shape index (κ2) is 7.27. The average molecular weight is 396 g/mol. The van der Waals surface area contributed by atoms with Gasteiger partial charge in [0.2, 0.25) is 5.91 Å². The van der Waals surface area contributed by atoms with Crippen molar-refractivity contribution in [3.05, 3.63) is 62.8 Å². The number of nitrogens with one attached hydrogen (secondary N) is 2. The van der Waals surface area contributed by atoms with Crippen LogP contribution in [0.2, 0.25) is 0 Å². The number of benzene rings is 1. The third kappa shape index (κ3) is 3.46. The summed E-state index contributed by atoms with van der Waals surface area (Å²) in [6.07, 6.45) is 0.234. The summed E-state index contributed by atoms with van der Waals surface area (Å²) in [5.74, 6) is 1.61. The van der Waals surface area contributed by atoms with Crippen LogP contribution in [-0.2, 0) is 11.4 Å². The fourth-order valence-electron chi connectivity index (χ4n) is 3.72. The van der Waals surface area contributed by atoms with Crippen LogP contribution < -0.4 is 15.6 Å². The van der Waals surface area contributed by atoms with E-state index in [-0.39, 0.29) is 29.8 Å². The van der Waals surface area contributed by atoms with Crippen LogP contribution >= 0.6 is 0 Å². The van der Waals surface area contributed by atoms with Gasteiger partial charge in [-0.15, -0.1) is 0 Å². The van der Waals surface area contributed by atoms with E-state index in [9.17, 15) is 9.59 Å². The van der Waals surface area contributed by atoms with Gasteiger partial charge in [-0.2, -0.15) is 0 Å². The normalized spacial score (nSPS) is 16.0. The topological polar surface area (TPSA) is 102 Å². The van der Waals surface area contributed by atoms with E-state index in [0.717, 1.165) is 22.6 Å². The fraction of sp³-hybridized carbons (Fsp3) is 0.381. The number of H-pyrrole nitrogens is 1. The van der Waals surface area contributed by atoms with Crippen LogP contribution in [0, 0.1) is 13.8 Å². The highest BCUT2D eigenvalue weighted by Gasteiger charge is 2.33. The lowest BCUT2D eigenvalue weighted by Gasteiger charge is -2.24. The van der Waals surface area contributed by atoms with E-state index >= 15 is 0 Å². The minimum Gasteiger partial charge on any atom is -0.489 e. The summed E-state index contributed by atoms with van der Waals surface area (Å²) in [5, 5.41) is 9.61. The lowest BCUT2D eigenvalue weighted by Crippen LogP contribution is -2.27. The quantitative estimate of drug-likeness (QED) is 0.688. The molecule has 0 fully saturated rings. The second-order valence-electron chi connectivity index (χ2n) is 7.63. The number of carbonyl (C=O) groups is 1. The Hall–Kier alpha value is -3.29. The maximum Gasteiger partial charge on any atom is 0.270 e. The molecule has 3 heterocycles. The van der Waals surface area contributed by atoms with Crippen molar-refractivity contribution in [3.63, 3.8) is 0 Å². The maximum absolute atomic E-state index is 12.6. The molecule has 1 amide bonds. The molecule has 1 aliphatic rings. The lowest BCUT2D eigenvalue weighted by atomic mass is 9.87. The second-order valence-corrected chi connectivity index (χ2v) is 7.63.